The molecule has 0 heterocycles. The van der Waals surface area contributed by atoms with Gasteiger partial charge in [-0.1, -0.05) is 132 Å². The molecular formula is C41H72NO8P. The van der Waals surface area contributed by atoms with E-state index in [0.717, 1.165) is 89.9 Å². The van der Waals surface area contributed by atoms with E-state index in [1.165, 1.54) is 25.7 Å². The zero-order chi connectivity index (χ0) is 37.5. The summed E-state index contributed by atoms with van der Waals surface area (Å²) >= 11 is 0. The molecule has 0 aromatic carbocycles. The highest BCUT2D eigenvalue weighted by atomic mass is 31.2. The largest absolute Gasteiger partial charge is 0.472 e. The summed E-state index contributed by atoms with van der Waals surface area (Å²) in [5, 5.41) is 0. The molecule has 0 saturated heterocycles. The number of hydrogen-bond donors (Lipinski definition) is 2. The summed E-state index contributed by atoms with van der Waals surface area (Å²) in [6.07, 6.45) is 42.5. The fraction of sp³-hybridized carbons (Fsp3) is 0.707. The lowest BCUT2D eigenvalue weighted by Gasteiger charge is -2.19. The van der Waals surface area contributed by atoms with Crippen molar-refractivity contribution in [1.82, 2.24) is 0 Å². The van der Waals surface area contributed by atoms with Gasteiger partial charge in [0.05, 0.1) is 13.2 Å². The highest BCUT2D eigenvalue weighted by molar-refractivity contribution is 7.47. The molecule has 0 fully saturated rings. The molecule has 2 atom stereocenters. The summed E-state index contributed by atoms with van der Waals surface area (Å²) in [5.74, 6) is -0.872. The lowest BCUT2D eigenvalue weighted by molar-refractivity contribution is -0.161. The predicted octanol–water partition coefficient (Wildman–Crippen LogP) is 10.9. The molecule has 0 bridgehead atoms. The fourth-order valence-corrected chi connectivity index (χ4v) is 5.76. The number of carbonyl (C=O) groups is 2. The Kier molecular flexibility index (Phi) is 35.8. The van der Waals surface area contributed by atoms with E-state index in [1.54, 1.807) is 0 Å². The molecular weight excluding hydrogens is 665 g/mol. The maximum atomic E-state index is 12.5. The first-order chi connectivity index (χ1) is 24.8. The number of allylic oxidation sites excluding steroid dienone is 10. The van der Waals surface area contributed by atoms with Crippen molar-refractivity contribution in [1.29, 1.82) is 0 Å². The first-order valence-corrected chi connectivity index (χ1v) is 21.3. The van der Waals surface area contributed by atoms with E-state index in [9.17, 15) is 19.0 Å². The van der Waals surface area contributed by atoms with Gasteiger partial charge < -0.3 is 20.1 Å². The van der Waals surface area contributed by atoms with Crippen molar-refractivity contribution in [3.05, 3.63) is 60.8 Å². The Morgan fingerprint density at radius 2 is 1.14 bits per heavy atom. The first-order valence-electron chi connectivity index (χ1n) is 19.8. The van der Waals surface area contributed by atoms with Crippen molar-refractivity contribution in [2.45, 2.75) is 161 Å². The molecule has 0 amide bonds. The minimum Gasteiger partial charge on any atom is -0.462 e. The zero-order valence-electron chi connectivity index (χ0n) is 32.1. The van der Waals surface area contributed by atoms with Crippen molar-refractivity contribution in [2.75, 3.05) is 26.4 Å². The third-order valence-electron chi connectivity index (χ3n) is 7.92. The van der Waals surface area contributed by atoms with Gasteiger partial charge in [0, 0.05) is 19.4 Å². The van der Waals surface area contributed by atoms with Crippen LogP contribution in [0.15, 0.2) is 60.8 Å². The first kappa shape index (κ1) is 48.7. The average Bonchev–Trinajstić information content (AvgIpc) is 3.11. The molecule has 0 rings (SSSR count). The van der Waals surface area contributed by atoms with E-state index in [-0.39, 0.29) is 32.6 Å². The summed E-state index contributed by atoms with van der Waals surface area (Å²) < 4.78 is 32.7. The lowest BCUT2D eigenvalue weighted by atomic mass is 10.1. The maximum Gasteiger partial charge on any atom is 0.472 e. The standard InChI is InChI=1S/C41H72NO8P/c1-3-5-7-9-11-13-15-17-19-21-23-25-27-29-31-33-40(43)47-37-39(38-49-51(45,46)48-36-35-42)50-41(44)34-32-30-28-26-24-22-20-18-16-14-12-10-8-6-4-2/h6,8,12-15,17-20,39H,3-5,7,9-11,16,21-38,42H2,1-2H3,(H,45,46)/b8-6+,14-12+,15-13+,19-17+,20-18+/t39-/m1/s1. The van der Waals surface area contributed by atoms with Crippen LogP contribution in [0, 0.1) is 0 Å². The molecule has 0 aliphatic carbocycles. The van der Waals surface area contributed by atoms with Crippen molar-refractivity contribution in [3.8, 4) is 0 Å². The van der Waals surface area contributed by atoms with Crippen LogP contribution in [0.5, 0.6) is 0 Å². The van der Waals surface area contributed by atoms with Gasteiger partial charge in [-0.3, -0.25) is 18.6 Å². The van der Waals surface area contributed by atoms with E-state index in [0.29, 0.717) is 12.8 Å². The monoisotopic (exact) mass is 737 g/mol. The minimum atomic E-state index is -4.38. The van der Waals surface area contributed by atoms with Crippen LogP contribution in [0.1, 0.15) is 155 Å². The molecule has 9 nitrogen and oxygen atoms in total. The molecule has 1 unspecified atom stereocenters. The predicted molar refractivity (Wildman–Crippen MR) is 210 cm³/mol. The van der Waals surface area contributed by atoms with E-state index in [1.807, 2.05) is 0 Å². The molecule has 3 N–H and O–H groups in total. The van der Waals surface area contributed by atoms with Crippen molar-refractivity contribution in [3.63, 3.8) is 0 Å². The lowest BCUT2D eigenvalue weighted by Crippen LogP contribution is -2.29. The summed E-state index contributed by atoms with van der Waals surface area (Å²) in [5.41, 5.74) is 5.33. The molecule has 0 spiro atoms. The smallest absolute Gasteiger partial charge is 0.462 e. The van der Waals surface area contributed by atoms with E-state index in [4.69, 9.17) is 24.3 Å². The van der Waals surface area contributed by atoms with Gasteiger partial charge in [0.25, 0.3) is 0 Å². The van der Waals surface area contributed by atoms with Crippen LogP contribution < -0.4 is 5.73 Å². The number of unbranched alkanes of at least 4 members (excludes halogenated alkanes) is 14. The van der Waals surface area contributed by atoms with Gasteiger partial charge in [-0.15, -0.1) is 0 Å². The quantitative estimate of drug-likeness (QED) is 0.0212. The van der Waals surface area contributed by atoms with Crippen LogP contribution in [0.3, 0.4) is 0 Å². The minimum absolute atomic E-state index is 0.0453. The van der Waals surface area contributed by atoms with Gasteiger partial charge in [0.15, 0.2) is 6.10 Å². The van der Waals surface area contributed by atoms with Crippen LogP contribution in [-0.2, 0) is 32.7 Å². The molecule has 294 valence electrons. The second-order valence-corrected chi connectivity index (χ2v) is 14.2. The maximum absolute atomic E-state index is 12.5. The normalized spacial score (nSPS) is 14.0. The van der Waals surface area contributed by atoms with Gasteiger partial charge in [0.2, 0.25) is 0 Å². The van der Waals surface area contributed by atoms with E-state index >= 15 is 0 Å². The SMILES string of the molecule is CC/C=C/C/C=C/C/C=C/CCCCCCCC(=O)O[C@H](COC(=O)CCCCCCC/C=C/C=C/CCCCCC)COP(=O)(O)OCCN. The van der Waals surface area contributed by atoms with Crippen LogP contribution in [0.25, 0.3) is 0 Å². The van der Waals surface area contributed by atoms with Crippen molar-refractivity contribution < 1.29 is 37.6 Å². The van der Waals surface area contributed by atoms with Gasteiger partial charge in [0.1, 0.15) is 6.61 Å². The summed E-state index contributed by atoms with van der Waals surface area (Å²) in [7, 11) is -4.38. The summed E-state index contributed by atoms with van der Waals surface area (Å²) in [4.78, 5) is 34.8. The number of phosphoric ester groups is 1. The molecule has 0 aromatic heterocycles. The van der Waals surface area contributed by atoms with Gasteiger partial charge in [-0.25, -0.2) is 4.57 Å². The Bertz CT molecular complexity index is 1020. The molecule has 51 heavy (non-hydrogen) atoms. The molecule has 10 heteroatoms. The Hall–Kier alpha value is -2.29. The Morgan fingerprint density at radius 1 is 0.627 bits per heavy atom. The van der Waals surface area contributed by atoms with E-state index in [2.05, 4.69) is 74.6 Å². The number of ether oxygens (including phenoxy) is 2. The Labute approximate surface area is 310 Å². The third kappa shape index (κ3) is 37.3. The zero-order valence-corrected chi connectivity index (χ0v) is 33.0. The fourth-order valence-electron chi connectivity index (χ4n) is 4.99. The van der Waals surface area contributed by atoms with E-state index < -0.39 is 32.5 Å². The Balaban J connectivity index is 4.28. The number of nitrogens with two attached hydrogens (primary N) is 1. The van der Waals surface area contributed by atoms with Gasteiger partial charge in [-0.2, -0.15) is 0 Å². The number of phosphoric acid groups is 1. The number of hydrogen-bond acceptors (Lipinski definition) is 8. The van der Waals surface area contributed by atoms with Crippen molar-refractivity contribution >= 4 is 19.8 Å². The van der Waals surface area contributed by atoms with Crippen molar-refractivity contribution in [2.24, 2.45) is 5.73 Å². The number of esters is 2. The summed E-state index contributed by atoms with van der Waals surface area (Å²) in [6, 6.07) is 0. The number of carbonyl (C=O) groups excluding carboxylic acids is 2. The number of rotatable bonds is 36. The van der Waals surface area contributed by atoms with Gasteiger partial charge >= 0.3 is 19.8 Å². The van der Waals surface area contributed by atoms with Crippen LogP contribution >= 0.6 is 7.82 Å². The second kappa shape index (κ2) is 37.5. The van der Waals surface area contributed by atoms with Crippen LogP contribution in [0.4, 0.5) is 0 Å². The third-order valence-corrected chi connectivity index (χ3v) is 8.90. The second-order valence-electron chi connectivity index (χ2n) is 12.8. The highest BCUT2D eigenvalue weighted by Gasteiger charge is 2.25. The molecule has 0 aliphatic heterocycles. The summed E-state index contributed by atoms with van der Waals surface area (Å²) in [6.45, 7) is 3.54. The molecule has 0 aliphatic rings. The Morgan fingerprint density at radius 3 is 1.73 bits per heavy atom. The average molecular weight is 738 g/mol. The molecule has 0 radical (unpaired) electrons. The van der Waals surface area contributed by atoms with Gasteiger partial charge in [-0.05, 0) is 70.6 Å². The van der Waals surface area contributed by atoms with Crippen LogP contribution in [0.2, 0.25) is 0 Å². The molecule has 0 aromatic rings. The van der Waals surface area contributed by atoms with Crippen LogP contribution in [-0.4, -0.2) is 49.3 Å². The molecule has 0 saturated carbocycles. The highest BCUT2D eigenvalue weighted by Crippen LogP contribution is 2.43. The topological polar surface area (TPSA) is 134 Å².